The molecular weight excluding hydrogens is 434 g/mol. The molecule has 0 bridgehead atoms. The number of aryl methyl sites for hydroxylation is 1. The molecule has 2 aromatic carbocycles. The molecule has 0 radical (unpaired) electrons. The Balaban J connectivity index is 1.44. The Morgan fingerprint density at radius 2 is 1.85 bits per heavy atom. The molecule has 33 heavy (non-hydrogen) atoms. The zero-order valence-corrected chi connectivity index (χ0v) is 17.5. The number of carbonyl (C=O) groups excluding carboxylic acids is 2. The van der Waals surface area contributed by atoms with Crippen LogP contribution in [0.1, 0.15) is 22.6 Å². The maximum absolute atomic E-state index is 12.4. The molecule has 0 saturated carbocycles. The van der Waals surface area contributed by atoms with Gasteiger partial charge in [0.15, 0.2) is 23.8 Å². The van der Waals surface area contributed by atoms with Crippen molar-refractivity contribution in [1.82, 2.24) is 15.0 Å². The number of hydrogen-bond acceptors (Lipinski definition) is 9. The fourth-order valence-corrected chi connectivity index (χ4v) is 3.08. The maximum atomic E-state index is 12.4. The number of carbonyl (C=O) groups is 2. The number of nitro groups is 1. The third kappa shape index (κ3) is 4.89. The highest BCUT2D eigenvalue weighted by Gasteiger charge is 2.24. The first-order valence-electron chi connectivity index (χ1n) is 9.97. The van der Waals surface area contributed by atoms with Crippen molar-refractivity contribution < 1.29 is 28.7 Å². The zero-order chi connectivity index (χ0) is 23.4. The zero-order valence-electron chi connectivity index (χ0n) is 17.5. The summed E-state index contributed by atoms with van der Waals surface area (Å²) in [5, 5.41) is 22.1. The van der Waals surface area contributed by atoms with E-state index in [1.807, 2.05) is 6.07 Å². The topological polar surface area (TPSA) is 148 Å². The largest absolute Gasteiger partial charge is 0.489 e. The molecule has 2 heterocycles. The number of nitrogens with one attached hydrogen (secondary N) is 1. The quantitative estimate of drug-likeness (QED) is 0.337. The van der Waals surface area contributed by atoms with Crippen LogP contribution in [-0.4, -0.2) is 51.6 Å². The van der Waals surface area contributed by atoms with Gasteiger partial charge in [0.25, 0.3) is 11.6 Å². The summed E-state index contributed by atoms with van der Waals surface area (Å²) < 4.78 is 16.0. The molecule has 3 aromatic rings. The van der Waals surface area contributed by atoms with Gasteiger partial charge in [-0.2, -0.15) is 9.90 Å². The Morgan fingerprint density at radius 1 is 1.15 bits per heavy atom. The van der Waals surface area contributed by atoms with Crippen LogP contribution in [0.15, 0.2) is 42.5 Å². The molecule has 1 aliphatic rings. The molecule has 12 heteroatoms. The lowest BCUT2D eigenvalue weighted by atomic mass is 10.2. The Bertz CT molecular complexity index is 1210. The van der Waals surface area contributed by atoms with Crippen molar-refractivity contribution in [2.45, 2.75) is 13.3 Å². The standard InChI is InChI=1S/C21H19N5O7/c1-13-20(24-25(23-13)14-6-3-2-4-7-14)21(28)33-12-19(27)22-15-10-17-18(11-16(15)26(29)30)32-9-5-8-31-17/h2-4,6-7,10-11H,5,8-9,12H2,1H3,(H,22,27). The number of fused-ring (bicyclic) bond motifs is 1. The SMILES string of the molecule is Cc1nn(-c2ccccc2)nc1C(=O)OCC(=O)Nc1cc2c(cc1[N+](=O)[O-])OCCCO2. The summed E-state index contributed by atoms with van der Waals surface area (Å²) in [6.07, 6.45) is 0.619. The summed E-state index contributed by atoms with van der Waals surface area (Å²) in [6, 6.07) is 11.5. The lowest BCUT2D eigenvalue weighted by Crippen LogP contribution is -2.22. The van der Waals surface area contributed by atoms with E-state index in [2.05, 4.69) is 15.5 Å². The smallest absolute Gasteiger partial charge is 0.361 e. The molecule has 0 saturated heterocycles. The van der Waals surface area contributed by atoms with E-state index in [1.165, 1.54) is 16.9 Å². The predicted molar refractivity (Wildman–Crippen MR) is 114 cm³/mol. The van der Waals surface area contributed by atoms with Crippen molar-refractivity contribution in [2.24, 2.45) is 0 Å². The first-order valence-corrected chi connectivity index (χ1v) is 9.97. The van der Waals surface area contributed by atoms with Crippen molar-refractivity contribution in [1.29, 1.82) is 0 Å². The van der Waals surface area contributed by atoms with Gasteiger partial charge in [-0.3, -0.25) is 14.9 Å². The fourth-order valence-electron chi connectivity index (χ4n) is 3.08. The van der Waals surface area contributed by atoms with Crippen molar-refractivity contribution in [3.8, 4) is 17.2 Å². The number of hydrogen-bond donors (Lipinski definition) is 1. The van der Waals surface area contributed by atoms with E-state index in [0.29, 0.717) is 31.0 Å². The summed E-state index contributed by atoms with van der Waals surface area (Å²) in [7, 11) is 0. The van der Waals surface area contributed by atoms with Gasteiger partial charge in [0, 0.05) is 12.5 Å². The number of nitro benzene ring substituents is 1. The fraction of sp³-hybridized carbons (Fsp3) is 0.238. The summed E-state index contributed by atoms with van der Waals surface area (Å²) in [5.41, 5.74) is 0.451. The minimum Gasteiger partial charge on any atom is -0.489 e. The second-order valence-electron chi connectivity index (χ2n) is 7.01. The Morgan fingerprint density at radius 3 is 2.55 bits per heavy atom. The molecule has 1 amide bonds. The van der Waals surface area contributed by atoms with Gasteiger partial charge in [0.2, 0.25) is 0 Å². The summed E-state index contributed by atoms with van der Waals surface area (Å²) >= 11 is 0. The van der Waals surface area contributed by atoms with Crippen LogP contribution < -0.4 is 14.8 Å². The normalized spacial score (nSPS) is 12.5. The number of aromatic nitrogens is 3. The number of anilines is 1. The van der Waals surface area contributed by atoms with E-state index in [-0.39, 0.29) is 28.6 Å². The van der Waals surface area contributed by atoms with Crippen LogP contribution in [0.3, 0.4) is 0 Å². The minimum absolute atomic E-state index is 0.0480. The lowest BCUT2D eigenvalue weighted by Gasteiger charge is -2.11. The van der Waals surface area contributed by atoms with Crippen molar-refractivity contribution in [3.05, 3.63) is 64.0 Å². The molecular formula is C21H19N5O7. The van der Waals surface area contributed by atoms with E-state index < -0.39 is 23.4 Å². The molecule has 1 aliphatic heterocycles. The van der Waals surface area contributed by atoms with Gasteiger partial charge in [-0.05, 0) is 19.1 Å². The molecule has 4 rings (SSSR count). The second kappa shape index (κ2) is 9.34. The summed E-state index contributed by atoms with van der Waals surface area (Å²) in [4.78, 5) is 36.8. The molecule has 0 aliphatic carbocycles. The number of rotatable bonds is 6. The number of esters is 1. The number of para-hydroxylation sites is 1. The van der Waals surface area contributed by atoms with Crippen molar-refractivity contribution in [3.63, 3.8) is 0 Å². The second-order valence-corrected chi connectivity index (χ2v) is 7.01. The maximum Gasteiger partial charge on any atom is 0.361 e. The highest BCUT2D eigenvalue weighted by atomic mass is 16.6. The monoisotopic (exact) mass is 453 g/mol. The number of amides is 1. The van der Waals surface area contributed by atoms with Gasteiger partial charge in [-0.15, -0.1) is 5.10 Å². The summed E-state index contributed by atoms with van der Waals surface area (Å²) in [5.74, 6) is -1.12. The summed E-state index contributed by atoms with van der Waals surface area (Å²) in [6.45, 7) is 1.64. The lowest BCUT2D eigenvalue weighted by molar-refractivity contribution is -0.384. The van der Waals surface area contributed by atoms with Crippen LogP contribution in [0.4, 0.5) is 11.4 Å². The van der Waals surface area contributed by atoms with E-state index in [1.54, 1.807) is 31.2 Å². The molecule has 1 N–H and O–H groups in total. The highest BCUT2D eigenvalue weighted by molar-refractivity contribution is 5.97. The first kappa shape index (κ1) is 21.7. The number of ether oxygens (including phenoxy) is 3. The molecule has 1 aromatic heterocycles. The van der Waals surface area contributed by atoms with Crippen LogP contribution in [0, 0.1) is 17.0 Å². The van der Waals surface area contributed by atoms with Gasteiger partial charge < -0.3 is 19.5 Å². The van der Waals surface area contributed by atoms with Crippen LogP contribution >= 0.6 is 0 Å². The molecule has 170 valence electrons. The Hall–Kier alpha value is -4.48. The molecule has 0 atom stereocenters. The Kier molecular flexibility index (Phi) is 6.15. The number of benzene rings is 2. The number of nitrogens with zero attached hydrogens (tertiary/aromatic N) is 4. The first-order chi connectivity index (χ1) is 15.9. The highest BCUT2D eigenvalue weighted by Crippen LogP contribution is 2.39. The molecule has 0 spiro atoms. The van der Waals surface area contributed by atoms with Gasteiger partial charge in [-0.1, -0.05) is 18.2 Å². The van der Waals surface area contributed by atoms with E-state index >= 15 is 0 Å². The third-order valence-corrected chi connectivity index (χ3v) is 4.63. The predicted octanol–water partition coefficient (Wildman–Crippen LogP) is 2.44. The third-order valence-electron chi connectivity index (χ3n) is 4.63. The van der Waals surface area contributed by atoms with E-state index in [0.717, 1.165) is 0 Å². The van der Waals surface area contributed by atoms with Gasteiger partial charge in [0.05, 0.1) is 35.6 Å². The molecule has 0 unspecified atom stereocenters. The van der Waals surface area contributed by atoms with Crippen LogP contribution in [-0.2, 0) is 9.53 Å². The van der Waals surface area contributed by atoms with Crippen molar-refractivity contribution >= 4 is 23.3 Å². The Labute approximate surface area is 187 Å². The van der Waals surface area contributed by atoms with Crippen molar-refractivity contribution in [2.75, 3.05) is 25.1 Å². The van der Waals surface area contributed by atoms with Gasteiger partial charge in [-0.25, -0.2) is 4.79 Å². The molecule has 0 fully saturated rings. The molecule has 12 nitrogen and oxygen atoms in total. The van der Waals surface area contributed by atoms with E-state index in [9.17, 15) is 19.7 Å². The van der Waals surface area contributed by atoms with Gasteiger partial charge in [0.1, 0.15) is 5.69 Å². The minimum atomic E-state index is -0.849. The van der Waals surface area contributed by atoms with Crippen LogP contribution in [0.2, 0.25) is 0 Å². The van der Waals surface area contributed by atoms with Gasteiger partial charge >= 0.3 is 5.97 Å². The van der Waals surface area contributed by atoms with Crippen LogP contribution in [0.5, 0.6) is 11.5 Å². The van der Waals surface area contributed by atoms with E-state index in [4.69, 9.17) is 14.2 Å². The van der Waals surface area contributed by atoms with Crippen LogP contribution in [0.25, 0.3) is 5.69 Å². The average molecular weight is 453 g/mol. The average Bonchev–Trinajstić information content (AvgIpc) is 3.05.